The van der Waals surface area contributed by atoms with E-state index in [0.717, 1.165) is 16.8 Å². The van der Waals surface area contributed by atoms with Crippen LogP contribution < -0.4 is 0 Å². The fraction of sp³-hybridized carbons (Fsp3) is 0.208. The maximum Gasteiger partial charge on any atom is 0.349 e. The quantitative estimate of drug-likeness (QED) is 0.334. The summed E-state index contributed by atoms with van der Waals surface area (Å²) in [5.41, 5.74) is 4.09. The summed E-state index contributed by atoms with van der Waals surface area (Å²) in [7, 11) is 1.53. The van der Waals surface area contributed by atoms with Crippen LogP contribution in [0.3, 0.4) is 0 Å². The van der Waals surface area contributed by atoms with Gasteiger partial charge in [-0.2, -0.15) is 10.4 Å². The van der Waals surface area contributed by atoms with Gasteiger partial charge in [-0.15, -0.1) is 0 Å². The van der Waals surface area contributed by atoms with Crippen LogP contribution >= 0.6 is 0 Å². The Hall–Kier alpha value is -3.69. The summed E-state index contributed by atoms with van der Waals surface area (Å²) in [5, 5.41) is 14.3. The minimum absolute atomic E-state index is 0.0977. The molecule has 0 radical (unpaired) electrons. The lowest BCUT2D eigenvalue weighted by Gasteiger charge is -2.11. The minimum Gasteiger partial charge on any atom is -0.456 e. The van der Waals surface area contributed by atoms with Crippen molar-refractivity contribution in [2.75, 3.05) is 13.7 Å². The number of esters is 1. The molecule has 30 heavy (non-hydrogen) atoms. The third-order valence-electron chi connectivity index (χ3n) is 4.50. The topological polar surface area (TPSA) is 77.1 Å². The molecular formula is C24H23N3O3. The van der Waals surface area contributed by atoms with Crippen LogP contribution in [0.1, 0.15) is 18.1 Å². The Labute approximate surface area is 176 Å². The van der Waals surface area contributed by atoms with Crippen LogP contribution in [0.2, 0.25) is 0 Å². The van der Waals surface area contributed by atoms with Gasteiger partial charge in [0.05, 0.1) is 18.0 Å². The smallest absolute Gasteiger partial charge is 0.349 e. The molecule has 0 N–H and O–H groups in total. The number of nitrogens with zero attached hydrogens (tertiary/aromatic N) is 3. The predicted molar refractivity (Wildman–Crippen MR) is 115 cm³/mol. The lowest BCUT2D eigenvalue weighted by molar-refractivity contribution is -0.145. The molecule has 3 aromatic rings. The van der Waals surface area contributed by atoms with Crippen molar-refractivity contribution < 1.29 is 14.3 Å². The van der Waals surface area contributed by atoms with Crippen molar-refractivity contribution in [2.45, 2.75) is 20.0 Å². The fourth-order valence-electron chi connectivity index (χ4n) is 3.06. The first kappa shape index (κ1) is 21.0. The monoisotopic (exact) mass is 401 g/mol. The molecule has 0 spiro atoms. The Morgan fingerprint density at radius 3 is 2.57 bits per heavy atom. The van der Waals surface area contributed by atoms with Crippen LogP contribution in [0, 0.1) is 18.3 Å². The first-order chi connectivity index (χ1) is 14.5. The SMILES string of the molecule is COC[C@@H](C)OC(=O)/C(C#N)=C/c1cn(-c2ccccc2C)nc1-c1ccccc1. The number of carbonyl (C=O) groups is 1. The van der Waals surface area contributed by atoms with Crippen LogP contribution in [0.15, 0.2) is 66.4 Å². The summed E-state index contributed by atoms with van der Waals surface area (Å²) >= 11 is 0. The van der Waals surface area contributed by atoms with Gasteiger partial charge in [0, 0.05) is 24.4 Å². The summed E-state index contributed by atoms with van der Waals surface area (Å²) in [4.78, 5) is 12.4. The number of para-hydroxylation sites is 1. The highest BCUT2D eigenvalue weighted by Gasteiger charge is 2.18. The third-order valence-corrected chi connectivity index (χ3v) is 4.50. The number of benzene rings is 2. The van der Waals surface area contributed by atoms with Gasteiger partial charge in [0.15, 0.2) is 0 Å². The third kappa shape index (κ3) is 4.83. The van der Waals surface area contributed by atoms with Crippen molar-refractivity contribution in [1.29, 1.82) is 5.26 Å². The Balaban J connectivity index is 2.06. The van der Waals surface area contributed by atoms with Crippen LogP contribution in [-0.2, 0) is 14.3 Å². The van der Waals surface area contributed by atoms with Crippen molar-refractivity contribution in [2.24, 2.45) is 0 Å². The van der Waals surface area contributed by atoms with Gasteiger partial charge >= 0.3 is 5.97 Å². The standard InChI is InChI=1S/C24H23N3O3/c1-17-9-7-8-12-22(17)27-15-21(23(26-27)19-10-5-4-6-11-19)13-20(14-25)24(28)30-18(2)16-29-3/h4-13,15,18H,16H2,1-3H3/b20-13+/t18-/m1/s1. The number of carbonyl (C=O) groups excluding carboxylic acids is 1. The predicted octanol–water partition coefficient (Wildman–Crippen LogP) is 4.33. The van der Waals surface area contributed by atoms with Crippen molar-refractivity contribution in [3.8, 4) is 23.0 Å². The highest BCUT2D eigenvalue weighted by molar-refractivity contribution is 5.98. The lowest BCUT2D eigenvalue weighted by Crippen LogP contribution is -2.20. The van der Waals surface area contributed by atoms with Gasteiger partial charge in [0.2, 0.25) is 0 Å². The van der Waals surface area contributed by atoms with Crippen LogP contribution in [0.4, 0.5) is 0 Å². The summed E-state index contributed by atoms with van der Waals surface area (Å²) < 4.78 is 12.0. The molecule has 152 valence electrons. The zero-order valence-electron chi connectivity index (χ0n) is 17.2. The van der Waals surface area contributed by atoms with E-state index in [1.807, 2.05) is 73.8 Å². The van der Waals surface area contributed by atoms with E-state index < -0.39 is 12.1 Å². The number of aryl methyl sites for hydroxylation is 1. The maximum absolute atomic E-state index is 12.4. The molecule has 6 heteroatoms. The second-order valence-corrected chi connectivity index (χ2v) is 6.87. The van der Waals surface area contributed by atoms with Gasteiger partial charge in [-0.1, -0.05) is 48.5 Å². The van der Waals surface area contributed by atoms with Gasteiger partial charge in [-0.3, -0.25) is 0 Å². The Morgan fingerprint density at radius 2 is 1.90 bits per heavy atom. The molecule has 3 rings (SSSR count). The summed E-state index contributed by atoms with van der Waals surface area (Å²) in [6, 6.07) is 19.5. The second kappa shape index (κ2) is 9.68. The van der Waals surface area contributed by atoms with Crippen molar-refractivity contribution in [1.82, 2.24) is 9.78 Å². The average molecular weight is 401 g/mol. The number of hydrogen-bond donors (Lipinski definition) is 0. The van der Waals surface area contributed by atoms with Crippen molar-refractivity contribution in [3.63, 3.8) is 0 Å². The number of methoxy groups -OCH3 is 1. The molecule has 0 aliphatic rings. The second-order valence-electron chi connectivity index (χ2n) is 6.87. The van der Waals surface area contributed by atoms with Crippen molar-refractivity contribution >= 4 is 12.0 Å². The molecule has 1 aromatic heterocycles. The van der Waals surface area contributed by atoms with E-state index in [1.165, 1.54) is 13.2 Å². The van der Waals surface area contributed by atoms with Gasteiger partial charge in [0.1, 0.15) is 17.7 Å². The normalized spacial score (nSPS) is 12.3. The van der Waals surface area contributed by atoms with Gasteiger partial charge in [-0.25, -0.2) is 9.48 Å². The van der Waals surface area contributed by atoms with Crippen LogP contribution in [0.25, 0.3) is 23.0 Å². The minimum atomic E-state index is -0.690. The van der Waals surface area contributed by atoms with E-state index >= 15 is 0 Å². The van der Waals surface area contributed by atoms with E-state index in [-0.39, 0.29) is 12.2 Å². The number of ether oxygens (including phenoxy) is 2. The summed E-state index contributed by atoms with van der Waals surface area (Å²) in [5.74, 6) is -0.690. The molecule has 0 aliphatic heterocycles. The van der Waals surface area contributed by atoms with Gasteiger partial charge in [-0.05, 0) is 31.6 Å². The average Bonchev–Trinajstić information content (AvgIpc) is 3.16. The molecule has 0 amide bonds. The Morgan fingerprint density at radius 1 is 1.20 bits per heavy atom. The molecular weight excluding hydrogens is 378 g/mol. The highest BCUT2D eigenvalue weighted by atomic mass is 16.6. The Kier molecular flexibility index (Phi) is 6.79. The highest BCUT2D eigenvalue weighted by Crippen LogP contribution is 2.26. The summed E-state index contributed by atoms with van der Waals surface area (Å²) in [6.07, 6.45) is 2.88. The molecule has 1 atom stereocenters. The van der Waals surface area contributed by atoms with E-state index in [0.29, 0.717) is 11.3 Å². The molecule has 1 heterocycles. The molecule has 6 nitrogen and oxygen atoms in total. The molecule has 0 bridgehead atoms. The molecule has 0 fully saturated rings. The first-order valence-corrected chi connectivity index (χ1v) is 9.56. The van der Waals surface area contributed by atoms with Crippen LogP contribution in [0.5, 0.6) is 0 Å². The fourth-order valence-corrected chi connectivity index (χ4v) is 3.06. The molecule has 0 saturated carbocycles. The molecule has 0 unspecified atom stereocenters. The molecule has 0 saturated heterocycles. The molecule has 0 aliphatic carbocycles. The van der Waals surface area contributed by atoms with Crippen molar-refractivity contribution in [3.05, 3.63) is 77.5 Å². The first-order valence-electron chi connectivity index (χ1n) is 9.56. The van der Waals surface area contributed by atoms with E-state index in [1.54, 1.807) is 11.6 Å². The summed E-state index contributed by atoms with van der Waals surface area (Å²) in [6.45, 7) is 3.97. The number of rotatable bonds is 7. The van der Waals surface area contributed by atoms with E-state index in [2.05, 4.69) is 0 Å². The van der Waals surface area contributed by atoms with Gasteiger partial charge in [0.25, 0.3) is 0 Å². The largest absolute Gasteiger partial charge is 0.456 e. The van der Waals surface area contributed by atoms with E-state index in [4.69, 9.17) is 14.6 Å². The van der Waals surface area contributed by atoms with E-state index in [9.17, 15) is 10.1 Å². The number of nitriles is 1. The molecule has 2 aromatic carbocycles. The van der Waals surface area contributed by atoms with Crippen LogP contribution in [-0.4, -0.2) is 35.6 Å². The zero-order valence-corrected chi connectivity index (χ0v) is 17.2. The van der Waals surface area contributed by atoms with Gasteiger partial charge < -0.3 is 9.47 Å². The number of hydrogen-bond acceptors (Lipinski definition) is 5. The lowest BCUT2D eigenvalue weighted by atomic mass is 10.1. The zero-order chi connectivity index (χ0) is 21.5. The maximum atomic E-state index is 12.4. The number of aromatic nitrogens is 2. The Bertz CT molecular complexity index is 1090.